The third-order valence-electron chi connectivity index (χ3n) is 3.88. The first-order valence-electron chi connectivity index (χ1n) is 8.27. The van der Waals surface area contributed by atoms with E-state index in [9.17, 15) is 0 Å². The van der Waals surface area contributed by atoms with Crippen LogP contribution in [-0.4, -0.2) is 10.2 Å². The Labute approximate surface area is 123 Å². The smallest absolute Gasteiger partial charge is 0.157 e. The minimum atomic E-state index is -0.0764. The highest BCUT2D eigenvalue weighted by Crippen LogP contribution is 2.21. The van der Waals surface area contributed by atoms with Gasteiger partial charge in [-0.05, 0) is 12.1 Å². The van der Waals surface area contributed by atoms with Gasteiger partial charge in [-0.25, -0.2) is 0 Å². The number of aromatic hydroxyl groups is 2. The van der Waals surface area contributed by atoms with Crippen LogP contribution in [0.25, 0.3) is 0 Å². The first-order valence-corrected chi connectivity index (χ1v) is 8.27. The van der Waals surface area contributed by atoms with Crippen molar-refractivity contribution >= 4 is 0 Å². The predicted molar refractivity (Wildman–Crippen MR) is 85.2 cm³/mol. The van der Waals surface area contributed by atoms with Gasteiger partial charge in [0.05, 0.1) is 0 Å². The van der Waals surface area contributed by atoms with Gasteiger partial charge in [0.1, 0.15) is 0 Å². The highest BCUT2D eigenvalue weighted by molar-refractivity contribution is 5.36. The second-order valence-electron chi connectivity index (χ2n) is 5.73. The zero-order valence-electron chi connectivity index (χ0n) is 12.7. The molecule has 1 aromatic rings. The van der Waals surface area contributed by atoms with E-state index in [1.54, 1.807) is 12.1 Å². The van der Waals surface area contributed by atoms with Crippen LogP contribution < -0.4 is 0 Å². The molecule has 0 amide bonds. The Balaban J connectivity index is 0.000000152. The number of phenolic OH excluding ortho intramolecular Hbond substituents is 2. The number of benzene rings is 1. The zero-order chi connectivity index (χ0) is 14.5. The first kappa shape index (κ1) is 16.9. The normalized spacial score (nSPS) is 18.0. The van der Waals surface area contributed by atoms with E-state index in [4.69, 9.17) is 10.2 Å². The molecule has 114 valence electrons. The Morgan fingerprint density at radius 3 is 0.800 bits per heavy atom. The lowest BCUT2D eigenvalue weighted by Gasteiger charge is -2.05. The molecule has 2 saturated carbocycles. The molecule has 2 N–H and O–H groups in total. The summed E-state index contributed by atoms with van der Waals surface area (Å²) >= 11 is 0. The maximum Gasteiger partial charge on any atom is 0.157 e. The molecule has 20 heavy (non-hydrogen) atoms. The molecule has 0 atom stereocenters. The van der Waals surface area contributed by atoms with Gasteiger partial charge in [0, 0.05) is 0 Å². The standard InChI is InChI=1S/C6H6O2.2C6H12/c7-5-3-1-2-4-6(5)8;2*1-2-4-6-5-3-1/h1-4,7-8H;2*1-6H2. The summed E-state index contributed by atoms with van der Waals surface area (Å²) < 4.78 is 0. The van der Waals surface area contributed by atoms with Crippen molar-refractivity contribution in [3.63, 3.8) is 0 Å². The van der Waals surface area contributed by atoms with Gasteiger partial charge in [-0.3, -0.25) is 0 Å². The molecular weight excluding hydrogens is 248 g/mol. The first-order chi connectivity index (χ1) is 9.80. The average molecular weight is 278 g/mol. The molecular formula is C18H30O2. The summed E-state index contributed by atoms with van der Waals surface area (Å²) in [5.74, 6) is -0.153. The van der Waals surface area contributed by atoms with Crippen LogP contribution in [0.15, 0.2) is 24.3 Å². The van der Waals surface area contributed by atoms with Gasteiger partial charge >= 0.3 is 0 Å². The van der Waals surface area contributed by atoms with E-state index in [0.717, 1.165) is 0 Å². The average Bonchev–Trinajstić information content (AvgIpc) is 2.55. The fourth-order valence-corrected chi connectivity index (χ4v) is 2.59. The van der Waals surface area contributed by atoms with Gasteiger partial charge in [-0.1, -0.05) is 89.2 Å². The second-order valence-corrected chi connectivity index (χ2v) is 5.73. The maximum atomic E-state index is 8.67. The lowest BCUT2D eigenvalue weighted by molar-refractivity contribution is 0.404. The SMILES string of the molecule is C1CCCCC1.C1CCCCC1.Oc1ccccc1O. The summed E-state index contributed by atoms with van der Waals surface area (Å²) in [6, 6.07) is 6.15. The number of hydrogen-bond acceptors (Lipinski definition) is 2. The molecule has 0 aromatic heterocycles. The Kier molecular flexibility index (Phi) is 9.81. The summed E-state index contributed by atoms with van der Waals surface area (Å²) in [5.41, 5.74) is 0. The molecule has 2 aliphatic rings. The van der Waals surface area contributed by atoms with E-state index in [0.29, 0.717) is 0 Å². The molecule has 0 unspecified atom stereocenters. The van der Waals surface area contributed by atoms with Gasteiger partial charge in [0.25, 0.3) is 0 Å². The molecule has 2 heteroatoms. The van der Waals surface area contributed by atoms with Gasteiger partial charge in [-0.2, -0.15) is 0 Å². The summed E-state index contributed by atoms with van der Waals surface area (Å²) in [7, 11) is 0. The molecule has 0 radical (unpaired) electrons. The van der Waals surface area contributed by atoms with E-state index in [1.807, 2.05) is 0 Å². The summed E-state index contributed by atoms with van der Waals surface area (Å²) in [6.07, 6.45) is 18.0. The van der Waals surface area contributed by atoms with Crippen molar-refractivity contribution in [2.45, 2.75) is 77.0 Å². The summed E-state index contributed by atoms with van der Waals surface area (Å²) in [6.45, 7) is 0. The van der Waals surface area contributed by atoms with Crippen LogP contribution in [0.3, 0.4) is 0 Å². The van der Waals surface area contributed by atoms with E-state index in [2.05, 4.69) is 0 Å². The van der Waals surface area contributed by atoms with E-state index < -0.39 is 0 Å². The van der Waals surface area contributed by atoms with Crippen LogP contribution in [-0.2, 0) is 0 Å². The number of hydrogen-bond donors (Lipinski definition) is 2. The number of rotatable bonds is 0. The van der Waals surface area contributed by atoms with Crippen molar-refractivity contribution in [3.8, 4) is 11.5 Å². The Hall–Kier alpha value is -1.18. The highest BCUT2D eigenvalue weighted by Gasteiger charge is 1.96. The molecule has 0 spiro atoms. The molecule has 2 fully saturated rings. The van der Waals surface area contributed by atoms with Crippen molar-refractivity contribution in [2.75, 3.05) is 0 Å². The lowest BCUT2D eigenvalue weighted by Crippen LogP contribution is -1.85. The third-order valence-corrected chi connectivity index (χ3v) is 3.88. The number of phenols is 2. The Bertz CT molecular complexity index is 272. The molecule has 0 saturated heterocycles. The zero-order valence-corrected chi connectivity index (χ0v) is 12.7. The quantitative estimate of drug-likeness (QED) is 0.591. The second kappa shape index (κ2) is 11.6. The van der Waals surface area contributed by atoms with Gasteiger partial charge < -0.3 is 10.2 Å². The van der Waals surface area contributed by atoms with Crippen molar-refractivity contribution < 1.29 is 10.2 Å². The van der Waals surface area contributed by atoms with Gasteiger partial charge in [0.2, 0.25) is 0 Å². The van der Waals surface area contributed by atoms with Gasteiger partial charge in [0.15, 0.2) is 11.5 Å². The van der Waals surface area contributed by atoms with Crippen LogP contribution in [0.2, 0.25) is 0 Å². The van der Waals surface area contributed by atoms with E-state index in [1.165, 1.54) is 89.2 Å². The van der Waals surface area contributed by atoms with Gasteiger partial charge in [-0.15, -0.1) is 0 Å². The largest absolute Gasteiger partial charge is 0.504 e. The number of para-hydroxylation sites is 2. The van der Waals surface area contributed by atoms with E-state index in [-0.39, 0.29) is 11.5 Å². The maximum absolute atomic E-state index is 8.67. The minimum absolute atomic E-state index is 0.0764. The fraction of sp³-hybridized carbons (Fsp3) is 0.667. The molecule has 2 nitrogen and oxygen atoms in total. The molecule has 0 aliphatic heterocycles. The van der Waals surface area contributed by atoms with Crippen LogP contribution in [0.1, 0.15) is 77.0 Å². The Morgan fingerprint density at radius 1 is 0.450 bits per heavy atom. The molecule has 1 aromatic carbocycles. The topological polar surface area (TPSA) is 40.5 Å². The van der Waals surface area contributed by atoms with Crippen molar-refractivity contribution in [2.24, 2.45) is 0 Å². The summed E-state index contributed by atoms with van der Waals surface area (Å²) in [4.78, 5) is 0. The van der Waals surface area contributed by atoms with Crippen molar-refractivity contribution in [1.29, 1.82) is 0 Å². The van der Waals surface area contributed by atoms with Crippen LogP contribution >= 0.6 is 0 Å². The predicted octanol–water partition coefficient (Wildman–Crippen LogP) is 5.78. The van der Waals surface area contributed by atoms with Crippen LogP contribution in [0.5, 0.6) is 11.5 Å². The van der Waals surface area contributed by atoms with Crippen LogP contribution in [0, 0.1) is 0 Å². The molecule has 3 rings (SSSR count). The molecule has 0 heterocycles. The highest BCUT2D eigenvalue weighted by atomic mass is 16.3. The third kappa shape index (κ3) is 8.84. The molecule has 0 bridgehead atoms. The minimum Gasteiger partial charge on any atom is -0.504 e. The fourth-order valence-electron chi connectivity index (χ4n) is 2.59. The summed E-state index contributed by atoms with van der Waals surface area (Å²) in [5, 5.41) is 17.3. The monoisotopic (exact) mass is 278 g/mol. The van der Waals surface area contributed by atoms with Crippen molar-refractivity contribution in [1.82, 2.24) is 0 Å². The Morgan fingerprint density at radius 2 is 0.650 bits per heavy atom. The van der Waals surface area contributed by atoms with E-state index >= 15 is 0 Å². The van der Waals surface area contributed by atoms with Crippen molar-refractivity contribution in [3.05, 3.63) is 24.3 Å². The lowest BCUT2D eigenvalue weighted by atomic mass is 10.0. The van der Waals surface area contributed by atoms with Crippen LogP contribution in [0.4, 0.5) is 0 Å². The molecule has 2 aliphatic carbocycles.